The van der Waals surface area contributed by atoms with Crippen LogP contribution in [0.25, 0.3) is 0 Å². The Kier molecular flexibility index (Phi) is 4.02. The molecule has 0 bridgehead atoms. The van der Waals surface area contributed by atoms with Crippen LogP contribution in [0.2, 0.25) is 0 Å². The van der Waals surface area contributed by atoms with E-state index in [-0.39, 0.29) is 0 Å². The summed E-state index contributed by atoms with van der Waals surface area (Å²) in [5.74, 6) is -0.950. The topological polar surface area (TPSA) is 57.5 Å². The van der Waals surface area contributed by atoms with Gasteiger partial charge in [-0.15, -0.1) is 0 Å². The van der Waals surface area contributed by atoms with Gasteiger partial charge in [-0.1, -0.05) is 37.1 Å². The largest absolute Gasteiger partial charge is 0.481 e. The highest BCUT2D eigenvalue weighted by Gasteiger charge is 2.24. The first-order chi connectivity index (χ1) is 8.59. The van der Waals surface area contributed by atoms with Gasteiger partial charge >= 0.3 is 5.97 Å². The Morgan fingerprint density at radius 1 is 1.17 bits per heavy atom. The molecule has 2 rings (SSSR count). The highest BCUT2D eigenvalue weighted by atomic mass is 16.4. The van der Waals surface area contributed by atoms with Gasteiger partial charge in [0.15, 0.2) is 0 Å². The number of hydrogen-bond donors (Lipinski definition) is 2. The third-order valence-electron chi connectivity index (χ3n) is 3.99. The number of aliphatic hydroxyl groups excluding tert-OH is 1. The highest BCUT2D eigenvalue weighted by molar-refractivity contribution is 5.75. The van der Waals surface area contributed by atoms with Crippen LogP contribution in [0.4, 0.5) is 0 Å². The zero-order chi connectivity index (χ0) is 13.1. The van der Waals surface area contributed by atoms with E-state index in [1.165, 1.54) is 12.8 Å². The van der Waals surface area contributed by atoms with Gasteiger partial charge in [0.05, 0.1) is 12.0 Å². The number of aliphatic hydroxyl groups is 1. The van der Waals surface area contributed by atoms with Crippen molar-refractivity contribution in [1.29, 1.82) is 0 Å². The summed E-state index contributed by atoms with van der Waals surface area (Å²) < 4.78 is 0. The van der Waals surface area contributed by atoms with Crippen LogP contribution >= 0.6 is 0 Å². The van der Waals surface area contributed by atoms with E-state index in [2.05, 4.69) is 0 Å². The maximum Gasteiger partial charge on any atom is 0.310 e. The molecule has 2 atom stereocenters. The van der Waals surface area contributed by atoms with Crippen molar-refractivity contribution in [3.63, 3.8) is 0 Å². The van der Waals surface area contributed by atoms with Crippen molar-refractivity contribution in [1.82, 2.24) is 0 Å². The van der Waals surface area contributed by atoms with E-state index in [4.69, 9.17) is 5.11 Å². The second kappa shape index (κ2) is 5.53. The molecule has 1 aromatic carbocycles. The fourth-order valence-corrected chi connectivity index (χ4v) is 2.67. The number of hydrogen-bond acceptors (Lipinski definition) is 2. The monoisotopic (exact) mass is 248 g/mol. The second-order valence-corrected chi connectivity index (χ2v) is 5.22. The zero-order valence-corrected chi connectivity index (χ0v) is 10.7. The number of benzene rings is 1. The lowest BCUT2D eigenvalue weighted by molar-refractivity contribution is -0.138. The van der Waals surface area contributed by atoms with Crippen molar-refractivity contribution in [2.75, 3.05) is 0 Å². The van der Waals surface area contributed by atoms with Crippen molar-refractivity contribution < 1.29 is 15.0 Å². The zero-order valence-electron chi connectivity index (χ0n) is 10.7. The molecule has 3 heteroatoms. The molecule has 0 spiro atoms. The lowest BCUT2D eigenvalue weighted by atomic mass is 9.92. The van der Waals surface area contributed by atoms with Crippen LogP contribution in [0.1, 0.15) is 55.8 Å². The van der Waals surface area contributed by atoms with Crippen LogP contribution < -0.4 is 0 Å². The molecular formula is C15H20O3. The maximum atomic E-state index is 10.9. The number of aliphatic carboxylic acids is 1. The van der Waals surface area contributed by atoms with Gasteiger partial charge in [0.2, 0.25) is 0 Å². The average molecular weight is 248 g/mol. The van der Waals surface area contributed by atoms with Gasteiger partial charge in [-0.3, -0.25) is 4.79 Å². The van der Waals surface area contributed by atoms with Gasteiger partial charge in [0.1, 0.15) is 0 Å². The molecule has 0 aliphatic heterocycles. The molecule has 0 radical (unpaired) electrons. The van der Waals surface area contributed by atoms with Crippen molar-refractivity contribution in [2.45, 2.75) is 44.6 Å². The van der Waals surface area contributed by atoms with Crippen molar-refractivity contribution in [3.8, 4) is 0 Å². The standard InChI is InChI=1S/C15H20O3/c1-10(15(17)18)11-6-8-13(9-7-11)14(16)12-4-2-3-5-12/h6-10,12,14,16H,2-5H2,1H3,(H,17,18). The summed E-state index contributed by atoms with van der Waals surface area (Å²) in [6.07, 6.45) is 4.19. The summed E-state index contributed by atoms with van der Waals surface area (Å²) >= 11 is 0. The SMILES string of the molecule is CC(C(=O)O)c1ccc(C(O)C2CCCC2)cc1. The van der Waals surface area contributed by atoms with E-state index in [0.717, 1.165) is 24.0 Å². The highest BCUT2D eigenvalue weighted by Crippen LogP contribution is 2.35. The van der Waals surface area contributed by atoms with Crippen LogP contribution in [0.15, 0.2) is 24.3 Å². The fourth-order valence-electron chi connectivity index (χ4n) is 2.67. The molecule has 3 nitrogen and oxygen atoms in total. The molecule has 1 fully saturated rings. The molecule has 1 saturated carbocycles. The molecular weight excluding hydrogens is 228 g/mol. The summed E-state index contributed by atoms with van der Waals surface area (Å²) in [5.41, 5.74) is 1.69. The van der Waals surface area contributed by atoms with Crippen molar-refractivity contribution in [2.24, 2.45) is 5.92 Å². The lowest BCUT2D eigenvalue weighted by Gasteiger charge is -2.18. The molecule has 1 aromatic rings. The van der Waals surface area contributed by atoms with Crippen LogP contribution in [0, 0.1) is 5.92 Å². The average Bonchev–Trinajstić information content (AvgIpc) is 2.91. The minimum atomic E-state index is -0.820. The summed E-state index contributed by atoms with van der Waals surface area (Å²) in [5, 5.41) is 19.2. The lowest BCUT2D eigenvalue weighted by Crippen LogP contribution is -2.10. The van der Waals surface area contributed by atoms with Gasteiger partial charge < -0.3 is 10.2 Å². The van der Waals surface area contributed by atoms with E-state index in [0.29, 0.717) is 5.92 Å². The summed E-state index contributed by atoms with van der Waals surface area (Å²) in [6.45, 7) is 1.67. The first-order valence-electron chi connectivity index (χ1n) is 6.60. The van der Waals surface area contributed by atoms with Crippen LogP contribution in [-0.4, -0.2) is 16.2 Å². The Morgan fingerprint density at radius 2 is 1.67 bits per heavy atom. The van der Waals surface area contributed by atoms with E-state index >= 15 is 0 Å². The minimum Gasteiger partial charge on any atom is -0.481 e. The second-order valence-electron chi connectivity index (χ2n) is 5.22. The van der Waals surface area contributed by atoms with E-state index in [1.807, 2.05) is 24.3 Å². The molecule has 0 saturated heterocycles. The molecule has 1 aliphatic rings. The molecule has 1 aliphatic carbocycles. The van der Waals surface area contributed by atoms with Gasteiger partial charge in [0, 0.05) is 0 Å². The third-order valence-corrected chi connectivity index (χ3v) is 3.99. The van der Waals surface area contributed by atoms with Gasteiger partial charge in [0.25, 0.3) is 0 Å². The molecule has 18 heavy (non-hydrogen) atoms. The van der Waals surface area contributed by atoms with Crippen molar-refractivity contribution >= 4 is 5.97 Å². The first-order valence-corrected chi connectivity index (χ1v) is 6.60. The van der Waals surface area contributed by atoms with Gasteiger partial charge in [-0.05, 0) is 36.8 Å². The summed E-state index contributed by atoms with van der Waals surface area (Å²) in [6, 6.07) is 7.34. The minimum absolute atomic E-state index is 0.368. The molecule has 2 N–H and O–H groups in total. The van der Waals surface area contributed by atoms with Gasteiger partial charge in [-0.25, -0.2) is 0 Å². The molecule has 0 heterocycles. The number of carbonyl (C=O) groups is 1. The molecule has 98 valence electrons. The van der Waals surface area contributed by atoms with Crippen LogP contribution in [0.5, 0.6) is 0 Å². The van der Waals surface area contributed by atoms with Gasteiger partial charge in [-0.2, -0.15) is 0 Å². The third kappa shape index (κ3) is 2.72. The summed E-state index contributed by atoms with van der Waals surface area (Å²) in [4.78, 5) is 10.9. The van der Waals surface area contributed by atoms with Crippen molar-refractivity contribution in [3.05, 3.63) is 35.4 Å². The van der Waals surface area contributed by atoms with E-state index in [1.54, 1.807) is 6.92 Å². The number of carboxylic acids is 1. The Morgan fingerprint density at radius 3 is 2.17 bits per heavy atom. The smallest absolute Gasteiger partial charge is 0.310 e. The van der Waals surface area contributed by atoms with Crippen LogP contribution in [-0.2, 0) is 4.79 Å². The quantitative estimate of drug-likeness (QED) is 0.860. The summed E-state index contributed by atoms with van der Waals surface area (Å²) in [7, 11) is 0. The predicted molar refractivity (Wildman–Crippen MR) is 69.4 cm³/mol. The normalized spacial score (nSPS) is 19.7. The fraction of sp³-hybridized carbons (Fsp3) is 0.533. The Hall–Kier alpha value is -1.35. The number of rotatable bonds is 4. The van der Waals surface area contributed by atoms with Crippen LogP contribution in [0.3, 0.4) is 0 Å². The molecule has 2 unspecified atom stereocenters. The Balaban J connectivity index is 2.09. The Labute approximate surface area is 107 Å². The maximum absolute atomic E-state index is 10.9. The predicted octanol–water partition coefficient (Wildman–Crippen LogP) is 3.10. The first kappa shape index (κ1) is 13.1. The molecule has 0 amide bonds. The molecule has 0 aromatic heterocycles. The Bertz CT molecular complexity index is 404. The van der Waals surface area contributed by atoms with E-state index < -0.39 is 18.0 Å². The van der Waals surface area contributed by atoms with E-state index in [9.17, 15) is 9.90 Å². The number of carboxylic acid groups (broad SMARTS) is 1.